The molecule has 116 valence electrons. The van der Waals surface area contributed by atoms with Crippen molar-refractivity contribution in [3.8, 4) is 11.5 Å². The van der Waals surface area contributed by atoms with Crippen molar-refractivity contribution in [2.75, 3.05) is 20.8 Å². The van der Waals surface area contributed by atoms with Gasteiger partial charge in [0.15, 0.2) is 0 Å². The Hall–Kier alpha value is -2.83. The van der Waals surface area contributed by atoms with Crippen molar-refractivity contribution in [2.24, 2.45) is 0 Å². The molecular weight excluding hydrogens is 286 g/mol. The number of hydrogen-bond acceptors (Lipinski definition) is 5. The lowest BCUT2D eigenvalue weighted by Gasteiger charge is -2.10. The maximum absolute atomic E-state index is 11.9. The number of aromatic nitrogens is 2. The highest BCUT2D eigenvalue weighted by atomic mass is 16.5. The molecule has 0 saturated carbocycles. The highest BCUT2D eigenvalue weighted by molar-refractivity contribution is 5.91. The fourth-order valence-electron chi connectivity index (χ4n) is 1.93. The standard InChI is InChI=1S/C15H17N3O4/c1-21-11-4-3-10(13(9-11)22-2)7-8-16-15(20)12-5-6-14(19)18-17-12/h3-6,9H,7-8H2,1-2H3,(H,16,20)(H,18,19). The Morgan fingerprint density at radius 2 is 2.05 bits per heavy atom. The number of ether oxygens (including phenoxy) is 2. The van der Waals surface area contributed by atoms with Gasteiger partial charge in [-0.3, -0.25) is 9.59 Å². The molecule has 22 heavy (non-hydrogen) atoms. The van der Waals surface area contributed by atoms with Gasteiger partial charge < -0.3 is 14.8 Å². The van der Waals surface area contributed by atoms with Crippen molar-refractivity contribution in [1.82, 2.24) is 15.5 Å². The summed E-state index contributed by atoms with van der Waals surface area (Å²) >= 11 is 0. The van der Waals surface area contributed by atoms with Crippen molar-refractivity contribution in [3.63, 3.8) is 0 Å². The van der Waals surface area contributed by atoms with E-state index in [1.54, 1.807) is 20.3 Å². The summed E-state index contributed by atoms with van der Waals surface area (Å²) < 4.78 is 10.4. The molecule has 0 aliphatic heterocycles. The van der Waals surface area contributed by atoms with Crippen LogP contribution >= 0.6 is 0 Å². The van der Waals surface area contributed by atoms with Crippen LogP contribution in [0.1, 0.15) is 16.1 Å². The van der Waals surface area contributed by atoms with E-state index < -0.39 is 0 Å². The molecule has 0 aliphatic carbocycles. The summed E-state index contributed by atoms with van der Waals surface area (Å²) in [6.45, 7) is 0.419. The second kappa shape index (κ2) is 7.26. The molecule has 0 atom stereocenters. The van der Waals surface area contributed by atoms with Gasteiger partial charge in [-0.05, 0) is 24.1 Å². The van der Waals surface area contributed by atoms with E-state index in [-0.39, 0.29) is 17.2 Å². The van der Waals surface area contributed by atoms with Crippen LogP contribution in [0.25, 0.3) is 0 Å². The minimum atomic E-state index is -0.348. The number of aromatic amines is 1. The van der Waals surface area contributed by atoms with Crippen LogP contribution in [0.15, 0.2) is 35.1 Å². The second-order valence-corrected chi connectivity index (χ2v) is 4.49. The van der Waals surface area contributed by atoms with Crippen molar-refractivity contribution in [1.29, 1.82) is 0 Å². The Kier molecular flexibility index (Phi) is 5.13. The lowest BCUT2D eigenvalue weighted by Crippen LogP contribution is -2.27. The first-order valence-corrected chi connectivity index (χ1v) is 6.69. The molecule has 1 heterocycles. The number of hydrogen-bond donors (Lipinski definition) is 2. The van der Waals surface area contributed by atoms with Gasteiger partial charge in [0.25, 0.3) is 11.5 Å². The van der Waals surface area contributed by atoms with Gasteiger partial charge in [-0.1, -0.05) is 6.07 Å². The highest BCUT2D eigenvalue weighted by Crippen LogP contribution is 2.24. The number of benzene rings is 1. The molecule has 0 spiro atoms. The van der Waals surface area contributed by atoms with E-state index in [9.17, 15) is 9.59 Å². The zero-order chi connectivity index (χ0) is 15.9. The molecule has 0 saturated heterocycles. The fourth-order valence-corrected chi connectivity index (χ4v) is 1.93. The first-order chi connectivity index (χ1) is 10.6. The van der Waals surface area contributed by atoms with Crippen molar-refractivity contribution < 1.29 is 14.3 Å². The van der Waals surface area contributed by atoms with Gasteiger partial charge in [0.05, 0.1) is 14.2 Å². The normalized spacial score (nSPS) is 10.1. The zero-order valence-electron chi connectivity index (χ0n) is 12.4. The SMILES string of the molecule is COc1ccc(CCNC(=O)c2ccc(=O)[nH]n2)c(OC)c1. The van der Waals surface area contributed by atoms with Crippen LogP contribution in [0, 0.1) is 0 Å². The Morgan fingerprint density at radius 1 is 1.23 bits per heavy atom. The van der Waals surface area contributed by atoms with Crippen LogP contribution in [0.4, 0.5) is 0 Å². The van der Waals surface area contributed by atoms with Crippen molar-refractivity contribution in [3.05, 3.63) is 51.9 Å². The number of methoxy groups -OCH3 is 2. The maximum Gasteiger partial charge on any atom is 0.271 e. The van der Waals surface area contributed by atoms with Gasteiger partial charge in [-0.15, -0.1) is 0 Å². The molecular formula is C15H17N3O4. The van der Waals surface area contributed by atoms with Crippen LogP contribution < -0.4 is 20.3 Å². The maximum atomic E-state index is 11.9. The molecule has 2 aromatic rings. The summed E-state index contributed by atoms with van der Waals surface area (Å²) in [5, 5.41) is 8.63. The number of rotatable bonds is 6. The highest BCUT2D eigenvalue weighted by Gasteiger charge is 2.08. The minimum Gasteiger partial charge on any atom is -0.497 e. The molecule has 7 nitrogen and oxygen atoms in total. The topological polar surface area (TPSA) is 93.3 Å². The van der Waals surface area contributed by atoms with Crippen LogP contribution in [-0.4, -0.2) is 36.9 Å². The van der Waals surface area contributed by atoms with Crippen LogP contribution in [0.3, 0.4) is 0 Å². The molecule has 0 unspecified atom stereocenters. The first kappa shape index (κ1) is 15.6. The zero-order valence-corrected chi connectivity index (χ0v) is 12.4. The number of nitrogens with one attached hydrogen (secondary N) is 2. The van der Waals surface area contributed by atoms with E-state index in [2.05, 4.69) is 15.5 Å². The monoisotopic (exact) mass is 303 g/mol. The van der Waals surface area contributed by atoms with Gasteiger partial charge in [-0.25, -0.2) is 5.10 Å². The quantitative estimate of drug-likeness (QED) is 0.822. The number of nitrogens with zero attached hydrogens (tertiary/aromatic N) is 1. The lowest BCUT2D eigenvalue weighted by molar-refractivity contribution is 0.0948. The summed E-state index contributed by atoms with van der Waals surface area (Å²) in [7, 11) is 3.17. The fraction of sp³-hybridized carbons (Fsp3) is 0.267. The third-order valence-corrected chi connectivity index (χ3v) is 3.09. The molecule has 0 aliphatic rings. The smallest absolute Gasteiger partial charge is 0.271 e. The molecule has 0 fully saturated rings. The van der Waals surface area contributed by atoms with Crippen molar-refractivity contribution in [2.45, 2.75) is 6.42 Å². The third kappa shape index (κ3) is 3.85. The van der Waals surface area contributed by atoms with E-state index in [4.69, 9.17) is 9.47 Å². The van der Waals surface area contributed by atoms with Gasteiger partial charge in [0, 0.05) is 18.7 Å². The Morgan fingerprint density at radius 3 is 2.68 bits per heavy atom. The molecule has 1 amide bonds. The van der Waals surface area contributed by atoms with Gasteiger partial charge in [-0.2, -0.15) is 5.10 Å². The van der Waals surface area contributed by atoms with E-state index in [1.807, 2.05) is 12.1 Å². The van der Waals surface area contributed by atoms with E-state index in [1.165, 1.54) is 12.1 Å². The summed E-state index contributed by atoms with van der Waals surface area (Å²) in [5.74, 6) is 1.07. The number of carbonyl (C=O) groups is 1. The van der Waals surface area contributed by atoms with Gasteiger partial charge >= 0.3 is 0 Å². The number of H-pyrrole nitrogens is 1. The van der Waals surface area contributed by atoms with Crippen LogP contribution in [0.2, 0.25) is 0 Å². The van der Waals surface area contributed by atoms with E-state index in [0.717, 1.165) is 5.56 Å². The summed E-state index contributed by atoms with van der Waals surface area (Å²) in [5.41, 5.74) is 0.777. The van der Waals surface area contributed by atoms with E-state index >= 15 is 0 Å². The predicted octanol–water partition coefficient (Wildman–Crippen LogP) is 0.760. The molecule has 1 aromatic heterocycles. The second-order valence-electron chi connectivity index (χ2n) is 4.49. The summed E-state index contributed by atoms with van der Waals surface area (Å²) in [4.78, 5) is 22.7. The van der Waals surface area contributed by atoms with Crippen molar-refractivity contribution >= 4 is 5.91 Å². The van der Waals surface area contributed by atoms with Crippen LogP contribution in [0.5, 0.6) is 11.5 Å². The Balaban J connectivity index is 1.94. The Labute approximate surface area is 127 Å². The number of carbonyl (C=O) groups excluding carboxylic acids is 1. The molecule has 2 N–H and O–H groups in total. The Bertz CT molecular complexity index is 692. The van der Waals surface area contributed by atoms with Gasteiger partial charge in [0.2, 0.25) is 0 Å². The number of amides is 1. The van der Waals surface area contributed by atoms with E-state index in [0.29, 0.717) is 24.5 Å². The summed E-state index contributed by atoms with van der Waals surface area (Å²) in [6.07, 6.45) is 0.599. The third-order valence-electron chi connectivity index (χ3n) is 3.09. The minimum absolute atomic E-state index is 0.168. The average molecular weight is 303 g/mol. The lowest BCUT2D eigenvalue weighted by atomic mass is 10.1. The molecule has 7 heteroatoms. The molecule has 0 bridgehead atoms. The molecule has 0 radical (unpaired) electrons. The largest absolute Gasteiger partial charge is 0.497 e. The first-order valence-electron chi connectivity index (χ1n) is 6.69. The van der Waals surface area contributed by atoms with Gasteiger partial charge in [0.1, 0.15) is 17.2 Å². The molecule has 2 rings (SSSR count). The van der Waals surface area contributed by atoms with Crippen LogP contribution in [-0.2, 0) is 6.42 Å². The molecule has 1 aromatic carbocycles. The average Bonchev–Trinajstić information content (AvgIpc) is 2.55. The summed E-state index contributed by atoms with van der Waals surface area (Å²) in [6, 6.07) is 8.16. The predicted molar refractivity (Wildman–Crippen MR) is 80.4 cm³/mol.